The van der Waals surface area contributed by atoms with Crippen LogP contribution < -0.4 is 5.73 Å². The number of halogens is 3. The molecule has 1 aromatic carbocycles. The number of aromatic nitrogens is 2. The number of nitrogens with one attached hydrogen (secondary N) is 1. The van der Waals surface area contributed by atoms with E-state index in [2.05, 4.69) is 9.97 Å². The van der Waals surface area contributed by atoms with Gasteiger partial charge in [-0.2, -0.15) is 13.2 Å². The number of fused-ring (bicyclic) bond motifs is 1. The van der Waals surface area contributed by atoms with E-state index in [0.717, 1.165) is 22.6 Å². The molecule has 0 spiro atoms. The van der Waals surface area contributed by atoms with Crippen LogP contribution in [0.5, 0.6) is 0 Å². The lowest BCUT2D eigenvalue weighted by atomic mass is 10.2. The molecule has 0 aliphatic carbocycles. The number of nitrogens with two attached hydrogens (primary N) is 1. The number of benzene rings is 1. The summed E-state index contributed by atoms with van der Waals surface area (Å²) >= 11 is 1.41. The number of nitrogen functional groups attached to an aromatic ring is 1. The molecule has 0 saturated heterocycles. The molecular formula is C13H10F3N3S. The first-order valence-electron chi connectivity index (χ1n) is 5.77. The second kappa shape index (κ2) is 4.24. The lowest BCUT2D eigenvalue weighted by Gasteiger charge is -2.05. The van der Waals surface area contributed by atoms with Gasteiger partial charge in [-0.1, -0.05) is 0 Å². The van der Waals surface area contributed by atoms with Crippen molar-refractivity contribution in [2.24, 2.45) is 0 Å². The van der Waals surface area contributed by atoms with E-state index in [0.29, 0.717) is 22.5 Å². The first-order chi connectivity index (χ1) is 9.36. The first kappa shape index (κ1) is 13.0. The van der Waals surface area contributed by atoms with E-state index in [1.54, 1.807) is 0 Å². The molecule has 0 fully saturated rings. The highest BCUT2D eigenvalue weighted by Crippen LogP contribution is 2.35. The molecule has 0 unspecified atom stereocenters. The minimum absolute atomic E-state index is 0.347. The second-order valence-electron chi connectivity index (χ2n) is 4.48. The Bertz CT molecular complexity index is 786. The van der Waals surface area contributed by atoms with E-state index in [9.17, 15) is 13.2 Å². The molecule has 0 radical (unpaired) electrons. The second-order valence-corrected chi connectivity index (χ2v) is 5.36. The van der Waals surface area contributed by atoms with Gasteiger partial charge in [-0.15, -0.1) is 11.3 Å². The molecule has 2 aromatic heterocycles. The zero-order valence-corrected chi connectivity index (χ0v) is 11.2. The van der Waals surface area contributed by atoms with E-state index >= 15 is 0 Å². The third kappa shape index (κ3) is 2.03. The smallest absolute Gasteiger partial charge is 0.397 e. The van der Waals surface area contributed by atoms with E-state index in [1.807, 2.05) is 12.3 Å². The van der Waals surface area contributed by atoms with Crippen LogP contribution in [-0.2, 0) is 6.18 Å². The highest BCUT2D eigenvalue weighted by atomic mass is 32.1. The van der Waals surface area contributed by atoms with Gasteiger partial charge >= 0.3 is 6.18 Å². The van der Waals surface area contributed by atoms with Crippen LogP contribution in [0.1, 0.15) is 11.1 Å². The minimum Gasteiger partial charge on any atom is -0.397 e. The van der Waals surface area contributed by atoms with Gasteiger partial charge in [-0.3, -0.25) is 0 Å². The number of hydrogen-bond acceptors (Lipinski definition) is 3. The van der Waals surface area contributed by atoms with Crippen LogP contribution in [0.3, 0.4) is 0 Å². The molecule has 3 N–H and O–H groups in total. The van der Waals surface area contributed by atoms with Crippen molar-refractivity contribution >= 4 is 28.1 Å². The average Bonchev–Trinajstić information content (AvgIpc) is 2.92. The number of imidazole rings is 1. The van der Waals surface area contributed by atoms with Crippen molar-refractivity contribution in [3.8, 4) is 10.7 Å². The lowest BCUT2D eigenvalue weighted by molar-refractivity contribution is -0.137. The molecule has 0 aliphatic rings. The molecule has 3 rings (SSSR count). The third-order valence-electron chi connectivity index (χ3n) is 3.05. The van der Waals surface area contributed by atoms with Crippen molar-refractivity contribution in [1.29, 1.82) is 0 Å². The molecular weight excluding hydrogens is 287 g/mol. The monoisotopic (exact) mass is 297 g/mol. The van der Waals surface area contributed by atoms with Crippen LogP contribution in [-0.4, -0.2) is 9.97 Å². The summed E-state index contributed by atoms with van der Waals surface area (Å²) in [6, 6.07) is 3.44. The fourth-order valence-electron chi connectivity index (χ4n) is 1.93. The zero-order chi connectivity index (χ0) is 14.5. The van der Waals surface area contributed by atoms with Gasteiger partial charge in [0, 0.05) is 0 Å². The molecule has 0 saturated carbocycles. The lowest BCUT2D eigenvalue weighted by Crippen LogP contribution is -2.04. The number of hydrogen-bond donors (Lipinski definition) is 2. The minimum atomic E-state index is -4.36. The molecule has 20 heavy (non-hydrogen) atoms. The van der Waals surface area contributed by atoms with Gasteiger partial charge in [0.05, 0.1) is 27.2 Å². The van der Waals surface area contributed by atoms with Crippen LogP contribution in [0.2, 0.25) is 0 Å². The van der Waals surface area contributed by atoms with Crippen LogP contribution >= 0.6 is 11.3 Å². The van der Waals surface area contributed by atoms with E-state index < -0.39 is 11.7 Å². The summed E-state index contributed by atoms with van der Waals surface area (Å²) in [5, 5.41) is 1.89. The van der Waals surface area contributed by atoms with Gasteiger partial charge in [-0.05, 0) is 36.1 Å². The predicted molar refractivity (Wildman–Crippen MR) is 73.6 cm³/mol. The average molecular weight is 297 g/mol. The summed E-state index contributed by atoms with van der Waals surface area (Å²) in [5.41, 5.74) is 7.59. The van der Waals surface area contributed by atoms with Crippen LogP contribution in [0.4, 0.5) is 18.9 Å². The van der Waals surface area contributed by atoms with Crippen molar-refractivity contribution in [1.82, 2.24) is 9.97 Å². The Balaban J connectivity index is 2.14. The Kier molecular flexibility index (Phi) is 2.75. The summed E-state index contributed by atoms with van der Waals surface area (Å²) in [6.45, 7) is 1.87. The zero-order valence-electron chi connectivity index (χ0n) is 10.4. The first-order valence-corrected chi connectivity index (χ1v) is 6.65. The quantitative estimate of drug-likeness (QED) is 0.707. The molecule has 0 aliphatic heterocycles. The number of H-pyrrole nitrogens is 1. The van der Waals surface area contributed by atoms with Gasteiger partial charge in [-0.25, -0.2) is 4.98 Å². The van der Waals surface area contributed by atoms with Crippen LogP contribution in [0.25, 0.3) is 21.7 Å². The maximum absolute atomic E-state index is 12.7. The highest BCUT2D eigenvalue weighted by Gasteiger charge is 2.30. The largest absolute Gasteiger partial charge is 0.416 e. The summed E-state index contributed by atoms with van der Waals surface area (Å²) in [4.78, 5) is 7.93. The van der Waals surface area contributed by atoms with E-state index in [-0.39, 0.29) is 0 Å². The number of aromatic amines is 1. The normalized spacial score (nSPS) is 12.2. The van der Waals surface area contributed by atoms with Gasteiger partial charge in [0.2, 0.25) is 0 Å². The molecule has 0 atom stereocenters. The van der Waals surface area contributed by atoms with Crippen molar-refractivity contribution in [3.63, 3.8) is 0 Å². The summed E-state index contributed by atoms with van der Waals surface area (Å²) in [6.07, 6.45) is -4.36. The standard InChI is InChI=1S/C13H10F3N3S/c1-6-5-20-11(10(6)17)12-18-8-3-2-7(13(14,15)16)4-9(8)19-12/h2-5H,17H2,1H3,(H,18,19). The fourth-order valence-corrected chi connectivity index (χ4v) is 2.85. The number of thiophene rings is 1. The Morgan fingerprint density at radius 3 is 2.65 bits per heavy atom. The van der Waals surface area contributed by atoms with Crippen molar-refractivity contribution in [2.45, 2.75) is 13.1 Å². The van der Waals surface area contributed by atoms with Crippen molar-refractivity contribution < 1.29 is 13.2 Å². The molecule has 0 amide bonds. The van der Waals surface area contributed by atoms with Gasteiger partial charge < -0.3 is 10.7 Å². The molecule has 7 heteroatoms. The van der Waals surface area contributed by atoms with E-state index in [1.165, 1.54) is 17.4 Å². The maximum atomic E-state index is 12.7. The van der Waals surface area contributed by atoms with Crippen LogP contribution in [0, 0.1) is 6.92 Å². The number of alkyl halides is 3. The molecule has 2 heterocycles. The summed E-state index contributed by atoms with van der Waals surface area (Å²) < 4.78 is 38.0. The fraction of sp³-hybridized carbons (Fsp3) is 0.154. The highest BCUT2D eigenvalue weighted by molar-refractivity contribution is 7.14. The maximum Gasteiger partial charge on any atom is 0.416 e. The van der Waals surface area contributed by atoms with Crippen molar-refractivity contribution in [3.05, 3.63) is 34.7 Å². The molecule has 104 valence electrons. The number of aryl methyl sites for hydroxylation is 1. The topological polar surface area (TPSA) is 54.7 Å². The Hall–Kier alpha value is -2.02. The molecule has 3 aromatic rings. The summed E-state index contributed by atoms with van der Waals surface area (Å²) in [5.74, 6) is 0.495. The summed E-state index contributed by atoms with van der Waals surface area (Å²) in [7, 11) is 0. The van der Waals surface area contributed by atoms with Crippen molar-refractivity contribution in [2.75, 3.05) is 5.73 Å². The number of nitrogens with zero attached hydrogens (tertiary/aromatic N) is 1. The Labute approximate surface area is 116 Å². The number of anilines is 1. The SMILES string of the molecule is Cc1csc(-c2nc3ccc(C(F)(F)F)cc3[nH]2)c1N. The van der Waals surface area contributed by atoms with Gasteiger partial charge in [0.1, 0.15) is 0 Å². The molecule has 0 bridgehead atoms. The van der Waals surface area contributed by atoms with Gasteiger partial charge in [0.15, 0.2) is 5.82 Å². The third-order valence-corrected chi connectivity index (χ3v) is 4.17. The van der Waals surface area contributed by atoms with Gasteiger partial charge in [0.25, 0.3) is 0 Å². The number of rotatable bonds is 1. The predicted octanol–water partition coefficient (Wildman–Crippen LogP) is 4.20. The molecule has 3 nitrogen and oxygen atoms in total. The van der Waals surface area contributed by atoms with Crippen LogP contribution in [0.15, 0.2) is 23.6 Å². The Morgan fingerprint density at radius 2 is 2.05 bits per heavy atom. The Morgan fingerprint density at radius 1 is 1.30 bits per heavy atom. The van der Waals surface area contributed by atoms with E-state index in [4.69, 9.17) is 5.73 Å².